The van der Waals surface area contributed by atoms with Crippen LogP contribution >= 0.6 is 23.2 Å². The normalized spacial score (nSPS) is 12.8. The zero-order valence-electron chi connectivity index (χ0n) is 29.1. The monoisotopic (exact) mass is 790 g/mol. The number of anilines is 2. The Labute approximate surface area is 311 Å². The summed E-state index contributed by atoms with van der Waals surface area (Å²) < 4.78 is 67.0. The van der Waals surface area contributed by atoms with Crippen molar-refractivity contribution in [2.45, 2.75) is 73.2 Å². The molecule has 5 rings (SSSR count). The van der Waals surface area contributed by atoms with Gasteiger partial charge >= 0.3 is 0 Å². The van der Waals surface area contributed by atoms with Gasteiger partial charge in [0.15, 0.2) is 19.7 Å². The number of benzene rings is 3. The van der Waals surface area contributed by atoms with Gasteiger partial charge < -0.3 is 9.84 Å². The van der Waals surface area contributed by atoms with E-state index in [2.05, 4.69) is 20.8 Å². The topological polar surface area (TPSA) is 165 Å². The van der Waals surface area contributed by atoms with Crippen molar-refractivity contribution in [2.24, 2.45) is 0 Å². The molecule has 52 heavy (non-hydrogen) atoms. The van der Waals surface area contributed by atoms with Crippen LogP contribution in [0.15, 0.2) is 99.4 Å². The zero-order chi connectivity index (χ0) is 38.6. The Kier molecular flexibility index (Phi) is 12.2. The van der Waals surface area contributed by atoms with E-state index in [0.717, 1.165) is 29.5 Å². The Bertz CT molecular complexity index is 2330. The van der Waals surface area contributed by atoms with Gasteiger partial charge in [0.05, 0.1) is 28.0 Å². The predicted octanol–water partition coefficient (Wildman–Crippen LogP) is 8.25. The largest absolute Gasteiger partial charge is 0.338 e. The molecule has 11 nitrogen and oxygen atoms in total. The summed E-state index contributed by atoms with van der Waals surface area (Å²) in [7, 11) is -8.24. The maximum absolute atomic E-state index is 14.1. The van der Waals surface area contributed by atoms with Crippen LogP contribution < -0.4 is 10.6 Å². The molecule has 0 aliphatic heterocycles. The van der Waals surface area contributed by atoms with Crippen molar-refractivity contribution in [3.8, 4) is 0 Å². The van der Waals surface area contributed by atoms with Crippen molar-refractivity contribution in [1.82, 2.24) is 10.1 Å². The fourth-order valence-electron chi connectivity index (χ4n) is 4.59. The van der Waals surface area contributed by atoms with Gasteiger partial charge in [0.25, 0.3) is 0 Å². The SMILES string of the molecule is CC(C)(C(=O)Nc1cnc2ccccc2c1)S(=O)(=O)c1ccc(Cl)cc1F.CCC(C)c1cc(NC(=O)C(C)(C)S(=O)(=O)c2ccc(Cl)cc2)on1. The third kappa shape index (κ3) is 8.46. The third-order valence-corrected chi connectivity index (χ3v) is 13.8. The van der Waals surface area contributed by atoms with Crippen LogP contribution in [0.1, 0.15) is 59.6 Å². The number of carbonyl (C=O) groups excluding carboxylic acids is 2. The molecule has 0 fully saturated rings. The van der Waals surface area contributed by atoms with E-state index in [9.17, 15) is 30.8 Å². The second-order valence-corrected chi connectivity index (χ2v) is 18.6. The molecule has 1 atom stereocenters. The molecule has 0 aliphatic carbocycles. The molecule has 2 N–H and O–H groups in total. The molecule has 2 amide bonds. The van der Waals surface area contributed by atoms with Crippen molar-refractivity contribution in [3.63, 3.8) is 0 Å². The molecule has 16 heteroatoms. The molecular formula is C36H37Cl2FN4O7S2. The number of halogens is 3. The van der Waals surface area contributed by atoms with Crippen LogP contribution in [0.3, 0.4) is 0 Å². The van der Waals surface area contributed by atoms with E-state index >= 15 is 0 Å². The Morgan fingerprint density at radius 1 is 0.827 bits per heavy atom. The van der Waals surface area contributed by atoms with Gasteiger partial charge in [-0.1, -0.05) is 60.4 Å². The Balaban J connectivity index is 0.000000234. The number of aromatic nitrogens is 2. The molecule has 0 saturated heterocycles. The molecular weight excluding hydrogens is 754 g/mol. The van der Waals surface area contributed by atoms with Gasteiger partial charge in [-0.2, -0.15) is 0 Å². The number of fused-ring (bicyclic) bond motifs is 1. The third-order valence-electron chi connectivity index (χ3n) is 8.48. The van der Waals surface area contributed by atoms with E-state index in [1.54, 1.807) is 12.1 Å². The molecule has 0 aliphatic rings. The lowest BCUT2D eigenvalue weighted by molar-refractivity contribution is -0.118. The number of nitrogens with zero attached hydrogens (tertiary/aromatic N) is 2. The van der Waals surface area contributed by atoms with E-state index in [1.807, 2.05) is 38.1 Å². The summed E-state index contributed by atoms with van der Waals surface area (Å²) in [6, 6.07) is 19.5. The average molecular weight is 792 g/mol. The minimum atomic E-state index is -4.31. The van der Waals surface area contributed by atoms with Crippen molar-refractivity contribution >= 4 is 77.2 Å². The van der Waals surface area contributed by atoms with Crippen LogP contribution in [-0.4, -0.2) is 48.3 Å². The zero-order valence-corrected chi connectivity index (χ0v) is 32.2. The van der Waals surface area contributed by atoms with E-state index in [0.29, 0.717) is 16.4 Å². The summed E-state index contributed by atoms with van der Waals surface area (Å²) in [6.07, 6.45) is 2.31. The average Bonchev–Trinajstić information content (AvgIpc) is 3.56. The van der Waals surface area contributed by atoms with E-state index in [4.69, 9.17) is 27.7 Å². The standard InChI is InChI=1S/C19H16ClFN2O3S.C17H21ClN2O4S/c1-19(2,27(25,26)17-8-7-13(20)10-15(17)21)18(24)23-14-9-12-5-3-4-6-16(12)22-11-14;1-5-11(2)14-10-15(24-20-14)19-16(21)17(3,4)25(22,23)13-8-6-12(18)7-9-13/h3-11H,1-2H3,(H,23,24);6-11H,5H2,1-4H3,(H,19,21). The quantitative estimate of drug-likeness (QED) is 0.142. The fourth-order valence-corrected chi connectivity index (χ4v) is 7.66. The number of rotatable bonds is 10. The highest BCUT2D eigenvalue weighted by Crippen LogP contribution is 2.31. The van der Waals surface area contributed by atoms with Gasteiger partial charge in [-0.3, -0.25) is 19.9 Å². The predicted molar refractivity (Wildman–Crippen MR) is 200 cm³/mol. The second kappa shape index (κ2) is 15.7. The van der Waals surface area contributed by atoms with Crippen molar-refractivity contribution in [3.05, 3.63) is 107 Å². The highest BCUT2D eigenvalue weighted by molar-refractivity contribution is 7.94. The van der Waals surface area contributed by atoms with Crippen LogP contribution in [-0.2, 0) is 29.3 Å². The van der Waals surface area contributed by atoms with Gasteiger partial charge in [-0.25, -0.2) is 21.2 Å². The lowest BCUT2D eigenvalue weighted by atomic mass is 10.1. The Morgan fingerprint density at radius 2 is 1.42 bits per heavy atom. The minimum Gasteiger partial charge on any atom is -0.338 e. The summed E-state index contributed by atoms with van der Waals surface area (Å²) in [5, 5.41) is 10.2. The molecule has 1 unspecified atom stereocenters. The van der Waals surface area contributed by atoms with Crippen LogP contribution in [0.5, 0.6) is 0 Å². The molecule has 0 spiro atoms. The van der Waals surface area contributed by atoms with E-state index in [-0.39, 0.29) is 21.7 Å². The van der Waals surface area contributed by atoms with Crippen LogP contribution in [0.2, 0.25) is 10.0 Å². The summed E-state index contributed by atoms with van der Waals surface area (Å²) in [5.74, 6) is -2.20. The fraction of sp³-hybridized carbons (Fsp3) is 0.278. The molecule has 0 radical (unpaired) electrons. The van der Waals surface area contributed by atoms with Gasteiger partial charge in [0, 0.05) is 27.4 Å². The molecule has 0 bridgehead atoms. The highest BCUT2D eigenvalue weighted by atomic mass is 35.5. The number of sulfone groups is 2. The van der Waals surface area contributed by atoms with Crippen LogP contribution in [0.25, 0.3) is 10.9 Å². The number of hydrogen-bond acceptors (Lipinski definition) is 9. The van der Waals surface area contributed by atoms with E-state index in [1.165, 1.54) is 64.2 Å². The first kappa shape index (κ1) is 40.4. The summed E-state index contributed by atoms with van der Waals surface area (Å²) in [4.78, 5) is 28.9. The van der Waals surface area contributed by atoms with Crippen LogP contribution in [0, 0.1) is 5.82 Å². The number of amides is 2. The number of para-hydroxylation sites is 1. The Hall–Kier alpha value is -4.37. The summed E-state index contributed by atoms with van der Waals surface area (Å²) in [5.41, 5.74) is 1.79. The lowest BCUT2D eigenvalue weighted by Crippen LogP contribution is -2.44. The summed E-state index contributed by atoms with van der Waals surface area (Å²) in [6.45, 7) is 9.13. The second-order valence-electron chi connectivity index (χ2n) is 12.8. The number of hydrogen-bond donors (Lipinski definition) is 2. The first-order valence-corrected chi connectivity index (χ1v) is 19.6. The first-order chi connectivity index (χ1) is 24.2. The maximum atomic E-state index is 14.1. The molecule has 5 aromatic rings. The number of carbonyl (C=O) groups is 2. The van der Waals surface area contributed by atoms with Crippen molar-refractivity contribution in [2.75, 3.05) is 10.6 Å². The van der Waals surface area contributed by atoms with Gasteiger partial charge in [0.2, 0.25) is 17.7 Å². The molecule has 2 heterocycles. The molecule has 2 aromatic heterocycles. The van der Waals surface area contributed by atoms with Crippen molar-refractivity contribution in [1.29, 1.82) is 0 Å². The minimum absolute atomic E-state index is 0.0231. The van der Waals surface area contributed by atoms with Crippen molar-refractivity contribution < 1.29 is 35.3 Å². The first-order valence-electron chi connectivity index (χ1n) is 15.9. The molecule has 276 valence electrons. The van der Waals surface area contributed by atoms with Gasteiger partial charge in [0.1, 0.15) is 20.2 Å². The van der Waals surface area contributed by atoms with Gasteiger partial charge in [-0.15, -0.1) is 0 Å². The number of nitrogens with one attached hydrogen (secondary N) is 2. The maximum Gasteiger partial charge on any atom is 0.248 e. The smallest absolute Gasteiger partial charge is 0.248 e. The highest BCUT2D eigenvalue weighted by Gasteiger charge is 2.45. The Morgan fingerprint density at radius 3 is 2.06 bits per heavy atom. The molecule has 0 saturated carbocycles. The number of pyridine rings is 1. The lowest BCUT2D eigenvalue weighted by Gasteiger charge is -2.24. The molecule has 3 aromatic carbocycles. The van der Waals surface area contributed by atoms with Crippen LogP contribution in [0.4, 0.5) is 16.0 Å². The summed E-state index contributed by atoms with van der Waals surface area (Å²) >= 11 is 11.5. The van der Waals surface area contributed by atoms with E-state index < -0.39 is 51.7 Å². The van der Waals surface area contributed by atoms with Gasteiger partial charge in [-0.05, 0) is 88.7 Å².